The molecule has 0 aliphatic carbocycles. The fraction of sp³-hybridized carbons (Fsp3) is 0.200. The van der Waals surface area contributed by atoms with Crippen molar-refractivity contribution < 1.29 is 9.47 Å². The first-order valence-corrected chi connectivity index (χ1v) is 16.0. The number of hydrogen-bond donors (Lipinski definition) is 2. The molecule has 0 atom stereocenters. The lowest BCUT2D eigenvalue weighted by molar-refractivity contribution is 0.394. The SMILES string of the molecule is CCCCCCc1c2nc(c(-c3ccccc3)c3ccc([nH]3)c(-c3cc(OC)cc(OC)c3)c3nc(cc4ccc1[nH]4)C=C3)C=C2. The number of ether oxygens (including phenoxy) is 2. The summed E-state index contributed by atoms with van der Waals surface area (Å²) in [6.45, 7) is 2.25. The Labute approximate surface area is 269 Å². The van der Waals surface area contributed by atoms with Crippen molar-refractivity contribution in [2.24, 2.45) is 0 Å². The number of hydrogen-bond acceptors (Lipinski definition) is 4. The van der Waals surface area contributed by atoms with Crippen molar-refractivity contribution in [3.05, 3.63) is 107 Å². The monoisotopic (exact) mass is 606 g/mol. The van der Waals surface area contributed by atoms with E-state index < -0.39 is 0 Å². The maximum absolute atomic E-state index is 5.66. The van der Waals surface area contributed by atoms with Crippen molar-refractivity contribution in [1.29, 1.82) is 0 Å². The zero-order valence-electron chi connectivity index (χ0n) is 26.6. The van der Waals surface area contributed by atoms with Crippen molar-refractivity contribution in [2.45, 2.75) is 39.0 Å². The Morgan fingerprint density at radius 3 is 2.00 bits per heavy atom. The largest absolute Gasteiger partial charge is 0.497 e. The summed E-state index contributed by atoms with van der Waals surface area (Å²) in [5, 5.41) is 0. The number of aryl methyl sites for hydroxylation is 1. The summed E-state index contributed by atoms with van der Waals surface area (Å²) in [4.78, 5) is 17.9. The van der Waals surface area contributed by atoms with Gasteiger partial charge in [0.05, 0.1) is 37.0 Å². The highest BCUT2D eigenvalue weighted by Crippen LogP contribution is 2.37. The molecule has 2 aliphatic rings. The predicted molar refractivity (Wildman–Crippen MR) is 191 cm³/mol. The third kappa shape index (κ3) is 5.86. The van der Waals surface area contributed by atoms with E-state index in [2.05, 4.69) is 95.8 Å². The summed E-state index contributed by atoms with van der Waals surface area (Å²) < 4.78 is 11.3. The lowest BCUT2D eigenvalue weighted by Crippen LogP contribution is -1.92. The van der Waals surface area contributed by atoms with Gasteiger partial charge < -0.3 is 19.4 Å². The van der Waals surface area contributed by atoms with Crippen LogP contribution in [0.1, 0.15) is 60.9 Å². The lowest BCUT2D eigenvalue weighted by Gasteiger charge is -2.10. The molecule has 8 bridgehead atoms. The molecule has 2 aromatic carbocycles. The van der Waals surface area contributed by atoms with E-state index in [0.29, 0.717) is 11.5 Å². The van der Waals surface area contributed by atoms with E-state index in [1.807, 2.05) is 24.3 Å². The van der Waals surface area contributed by atoms with Crippen LogP contribution in [-0.2, 0) is 6.42 Å². The number of aromatic nitrogens is 4. The van der Waals surface area contributed by atoms with E-state index in [-0.39, 0.29) is 0 Å². The van der Waals surface area contributed by atoms with Gasteiger partial charge in [0.1, 0.15) is 11.5 Å². The maximum atomic E-state index is 5.66. The Bertz CT molecular complexity index is 2100. The van der Waals surface area contributed by atoms with Crippen LogP contribution >= 0.6 is 0 Å². The molecular formula is C40H38N4O2. The second kappa shape index (κ2) is 12.9. The lowest BCUT2D eigenvalue weighted by atomic mass is 10.0. The molecule has 230 valence electrons. The molecule has 0 spiro atoms. The van der Waals surface area contributed by atoms with Crippen molar-refractivity contribution in [1.82, 2.24) is 19.9 Å². The van der Waals surface area contributed by atoms with E-state index in [1.54, 1.807) is 14.2 Å². The van der Waals surface area contributed by atoms with Crippen molar-refractivity contribution in [3.8, 4) is 33.8 Å². The molecule has 0 unspecified atom stereocenters. The minimum absolute atomic E-state index is 0.713. The molecule has 7 rings (SSSR count). The highest BCUT2D eigenvalue weighted by molar-refractivity contribution is 5.95. The van der Waals surface area contributed by atoms with Crippen LogP contribution in [0.25, 0.3) is 68.6 Å². The number of H-pyrrole nitrogens is 2. The average Bonchev–Trinajstić information content (AvgIpc) is 3.92. The van der Waals surface area contributed by atoms with E-state index in [1.165, 1.54) is 24.8 Å². The van der Waals surface area contributed by atoms with Gasteiger partial charge in [-0.3, -0.25) is 0 Å². The molecule has 5 aromatic rings. The molecule has 6 nitrogen and oxygen atoms in total. The van der Waals surface area contributed by atoms with Crippen molar-refractivity contribution in [2.75, 3.05) is 14.2 Å². The molecule has 0 fully saturated rings. The van der Waals surface area contributed by atoms with Crippen molar-refractivity contribution in [3.63, 3.8) is 0 Å². The van der Waals surface area contributed by atoms with E-state index in [0.717, 1.165) is 79.9 Å². The van der Waals surface area contributed by atoms with Crippen LogP contribution in [0.5, 0.6) is 11.5 Å². The van der Waals surface area contributed by atoms with Gasteiger partial charge in [-0.05, 0) is 90.7 Å². The first kappa shape index (κ1) is 29.4. The normalized spacial score (nSPS) is 12.1. The van der Waals surface area contributed by atoms with Gasteiger partial charge in [-0.2, -0.15) is 0 Å². The van der Waals surface area contributed by atoms with E-state index in [4.69, 9.17) is 19.4 Å². The summed E-state index contributed by atoms with van der Waals surface area (Å²) in [7, 11) is 3.34. The summed E-state index contributed by atoms with van der Waals surface area (Å²) in [5.74, 6) is 1.43. The van der Waals surface area contributed by atoms with Crippen LogP contribution in [0, 0.1) is 0 Å². The molecule has 0 radical (unpaired) electrons. The fourth-order valence-electron chi connectivity index (χ4n) is 6.35. The van der Waals surface area contributed by atoms with E-state index in [9.17, 15) is 0 Å². The second-order valence-electron chi connectivity index (χ2n) is 11.7. The Balaban J connectivity index is 1.57. The molecule has 2 aliphatic heterocycles. The van der Waals surface area contributed by atoms with Gasteiger partial charge in [0.25, 0.3) is 0 Å². The highest BCUT2D eigenvalue weighted by Gasteiger charge is 2.17. The first-order valence-electron chi connectivity index (χ1n) is 16.0. The number of methoxy groups -OCH3 is 2. The third-order valence-electron chi connectivity index (χ3n) is 8.67. The highest BCUT2D eigenvalue weighted by atomic mass is 16.5. The number of fused-ring (bicyclic) bond motifs is 8. The molecule has 0 saturated heterocycles. The zero-order chi connectivity index (χ0) is 31.5. The number of nitrogens with zero attached hydrogens (tertiary/aromatic N) is 2. The molecular weight excluding hydrogens is 568 g/mol. The predicted octanol–water partition coefficient (Wildman–Crippen LogP) is 10.1. The molecule has 2 N–H and O–H groups in total. The third-order valence-corrected chi connectivity index (χ3v) is 8.67. The molecule has 6 heteroatoms. The zero-order valence-corrected chi connectivity index (χ0v) is 26.6. The number of aromatic amines is 2. The van der Waals surface area contributed by atoms with E-state index >= 15 is 0 Å². The van der Waals surface area contributed by atoms with Gasteiger partial charge in [0, 0.05) is 44.8 Å². The van der Waals surface area contributed by atoms with Gasteiger partial charge in [0.15, 0.2) is 0 Å². The quantitative estimate of drug-likeness (QED) is 0.160. The van der Waals surface area contributed by atoms with Gasteiger partial charge in [0.2, 0.25) is 0 Å². The van der Waals surface area contributed by atoms with Gasteiger partial charge in [-0.1, -0.05) is 56.5 Å². The maximum Gasteiger partial charge on any atom is 0.123 e. The van der Waals surface area contributed by atoms with Gasteiger partial charge in [-0.25, -0.2) is 9.97 Å². The number of benzene rings is 2. The summed E-state index contributed by atoms with van der Waals surface area (Å²) >= 11 is 0. The smallest absolute Gasteiger partial charge is 0.123 e. The van der Waals surface area contributed by atoms with Crippen LogP contribution in [0.3, 0.4) is 0 Å². The topological polar surface area (TPSA) is 75.8 Å². The molecule has 5 heterocycles. The fourth-order valence-corrected chi connectivity index (χ4v) is 6.35. The second-order valence-corrected chi connectivity index (χ2v) is 11.7. The Hall–Kier alpha value is -5.36. The molecule has 0 saturated carbocycles. The average molecular weight is 607 g/mol. The van der Waals surface area contributed by atoms with Crippen LogP contribution in [-0.4, -0.2) is 34.2 Å². The Morgan fingerprint density at radius 2 is 1.26 bits per heavy atom. The van der Waals surface area contributed by atoms with Crippen LogP contribution < -0.4 is 9.47 Å². The molecule has 0 amide bonds. The standard InChI is InChI=1S/C40H38N4O2/c1-4-5-6-10-13-32-33-16-14-28(41-33)24-29-15-17-35(42-29)40(27-22-30(45-2)25-31(23-27)46-3)38-21-20-37(44-38)39(26-11-8-7-9-12-26)36-19-18-34(32)43-36/h7-9,11-12,14-25,41,44H,4-6,10,13H2,1-3H3. The molecule has 46 heavy (non-hydrogen) atoms. The minimum atomic E-state index is 0.713. The van der Waals surface area contributed by atoms with Crippen LogP contribution in [0.2, 0.25) is 0 Å². The Morgan fingerprint density at radius 1 is 0.587 bits per heavy atom. The molecule has 3 aromatic heterocycles. The first-order chi connectivity index (χ1) is 22.6. The van der Waals surface area contributed by atoms with Crippen LogP contribution in [0.4, 0.5) is 0 Å². The number of unbranched alkanes of at least 4 members (excludes halogenated alkanes) is 3. The Kier molecular flexibility index (Phi) is 8.26. The minimum Gasteiger partial charge on any atom is -0.497 e. The summed E-state index contributed by atoms with van der Waals surface area (Å²) in [5.41, 5.74) is 13.0. The van der Waals surface area contributed by atoms with Gasteiger partial charge in [-0.15, -0.1) is 0 Å². The number of rotatable bonds is 9. The number of nitrogens with one attached hydrogen (secondary N) is 2. The van der Waals surface area contributed by atoms with Crippen molar-refractivity contribution >= 4 is 46.4 Å². The summed E-state index contributed by atoms with van der Waals surface area (Å²) in [6.07, 6.45) is 14.2. The van der Waals surface area contributed by atoms with Crippen LogP contribution in [0.15, 0.2) is 78.9 Å². The van der Waals surface area contributed by atoms with Gasteiger partial charge >= 0.3 is 0 Å². The summed E-state index contributed by atoms with van der Waals surface area (Å²) in [6, 6.07) is 27.1.